The number of carbonyl (C=O) groups excluding carboxylic acids is 2. The summed E-state index contributed by atoms with van der Waals surface area (Å²) in [6.45, 7) is 3.85. The molecule has 0 saturated carbocycles. The lowest BCUT2D eigenvalue weighted by Gasteiger charge is -2.09. The van der Waals surface area contributed by atoms with Crippen LogP contribution in [0, 0.1) is 0 Å². The van der Waals surface area contributed by atoms with E-state index in [2.05, 4.69) is 10.4 Å². The maximum atomic E-state index is 11.9. The molecule has 0 aliphatic rings. The summed E-state index contributed by atoms with van der Waals surface area (Å²) >= 11 is 0. The van der Waals surface area contributed by atoms with Gasteiger partial charge in [-0.25, -0.2) is 4.68 Å². The highest BCUT2D eigenvalue weighted by molar-refractivity contribution is 5.81. The SMILES string of the molecule is CCOC(=O)CNC(=O)Cn1nc(-c2ccc(OCC)cc2)ccc1=O. The molecule has 1 N–H and O–H groups in total. The average Bonchev–Trinajstić information content (AvgIpc) is 2.63. The van der Waals surface area contributed by atoms with Crippen LogP contribution in [0.1, 0.15) is 13.8 Å². The number of hydrogen-bond acceptors (Lipinski definition) is 6. The summed E-state index contributed by atoms with van der Waals surface area (Å²) in [6.07, 6.45) is 0. The topological polar surface area (TPSA) is 99.5 Å². The summed E-state index contributed by atoms with van der Waals surface area (Å²) in [5, 5.41) is 6.60. The molecule has 1 aromatic carbocycles. The summed E-state index contributed by atoms with van der Waals surface area (Å²) in [5.41, 5.74) is 0.922. The third-order valence-electron chi connectivity index (χ3n) is 3.36. The molecule has 1 heterocycles. The van der Waals surface area contributed by atoms with Crippen LogP contribution in [0.5, 0.6) is 5.75 Å². The molecular weight excluding hydrogens is 338 g/mol. The van der Waals surface area contributed by atoms with E-state index in [0.29, 0.717) is 12.3 Å². The van der Waals surface area contributed by atoms with Gasteiger partial charge >= 0.3 is 5.97 Å². The molecule has 0 aliphatic carbocycles. The lowest BCUT2D eigenvalue weighted by atomic mass is 10.1. The van der Waals surface area contributed by atoms with E-state index in [4.69, 9.17) is 9.47 Å². The van der Waals surface area contributed by atoms with Crippen molar-refractivity contribution in [1.29, 1.82) is 0 Å². The molecule has 0 bridgehead atoms. The molecule has 2 rings (SSSR count). The molecule has 8 nitrogen and oxygen atoms in total. The van der Waals surface area contributed by atoms with Gasteiger partial charge in [0, 0.05) is 11.6 Å². The van der Waals surface area contributed by atoms with Crippen LogP contribution in [0.3, 0.4) is 0 Å². The Balaban J connectivity index is 2.08. The van der Waals surface area contributed by atoms with Gasteiger partial charge in [0.15, 0.2) is 0 Å². The lowest BCUT2D eigenvalue weighted by Crippen LogP contribution is -2.36. The maximum Gasteiger partial charge on any atom is 0.325 e. The molecule has 1 aromatic heterocycles. The highest BCUT2D eigenvalue weighted by atomic mass is 16.5. The Morgan fingerprint density at radius 1 is 1.08 bits per heavy atom. The van der Waals surface area contributed by atoms with Gasteiger partial charge in [0.1, 0.15) is 18.8 Å². The molecule has 0 fully saturated rings. The number of aromatic nitrogens is 2. The number of amides is 1. The van der Waals surface area contributed by atoms with Gasteiger partial charge in [0.25, 0.3) is 5.56 Å². The molecule has 0 spiro atoms. The van der Waals surface area contributed by atoms with Crippen molar-refractivity contribution in [3.05, 3.63) is 46.8 Å². The largest absolute Gasteiger partial charge is 0.494 e. The van der Waals surface area contributed by atoms with Crippen molar-refractivity contribution in [1.82, 2.24) is 15.1 Å². The Hall–Kier alpha value is -3.16. The van der Waals surface area contributed by atoms with Crippen LogP contribution < -0.4 is 15.6 Å². The molecule has 26 heavy (non-hydrogen) atoms. The van der Waals surface area contributed by atoms with Crippen molar-refractivity contribution in [2.45, 2.75) is 20.4 Å². The Morgan fingerprint density at radius 3 is 2.46 bits per heavy atom. The number of esters is 1. The zero-order chi connectivity index (χ0) is 18.9. The number of nitrogens with one attached hydrogen (secondary N) is 1. The van der Waals surface area contributed by atoms with E-state index in [1.165, 1.54) is 6.07 Å². The summed E-state index contributed by atoms with van der Waals surface area (Å²) in [4.78, 5) is 35.1. The van der Waals surface area contributed by atoms with Crippen molar-refractivity contribution in [2.75, 3.05) is 19.8 Å². The van der Waals surface area contributed by atoms with Crippen molar-refractivity contribution in [3.8, 4) is 17.0 Å². The van der Waals surface area contributed by atoms with E-state index >= 15 is 0 Å². The van der Waals surface area contributed by atoms with Crippen LogP contribution in [-0.4, -0.2) is 41.4 Å². The van der Waals surface area contributed by atoms with E-state index in [0.717, 1.165) is 16.0 Å². The second kappa shape index (κ2) is 9.36. The number of ether oxygens (including phenoxy) is 2. The minimum Gasteiger partial charge on any atom is -0.494 e. The van der Waals surface area contributed by atoms with E-state index in [1.807, 2.05) is 31.2 Å². The maximum absolute atomic E-state index is 11.9. The fourth-order valence-corrected chi connectivity index (χ4v) is 2.18. The number of rotatable bonds is 8. The zero-order valence-corrected chi connectivity index (χ0v) is 14.7. The first kappa shape index (κ1) is 19.2. The van der Waals surface area contributed by atoms with Crippen LogP contribution in [-0.2, 0) is 20.9 Å². The number of nitrogens with zero attached hydrogens (tertiary/aromatic N) is 2. The minimum absolute atomic E-state index is 0.236. The molecule has 8 heteroatoms. The van der Waals surface area contributed by atoms with E-state index in [9.17, 15) is 14.4 Å². The van der Waals surface area contributed by atoms with Gasteiger partial charge in [-0.15, -0.1) is 0 Å². The fourth-order valence-electron chi connectivity index (χ4n) is 2.18. The highest BCUT2D eigenvalue weighted by Gasteiger charge is 2.10. The van der Waals surface area contributed by atoms with Crippen molar-refractivity contribution >= 4 is 11.9 Å². The monoisotopic (exact) mass is 359 g/mol. The van der Waals surface area contributed by atoms with Gasteiger partial charge in [-0.05, 0) is 44.2 Å². The van der Waals surface area contributed by atoms with Gasteiger partial charge in [-0.3, -0.25) is 14.4 Å². The van der Waals surface area contributed by atoms with E-state index < -0.39 is 17.4 Å². The summed E-state index contributed by atoms with van der Waals surface area (Å²) < 4.78 is 11.2. The summed E-state index contributed by atoms with van der Waals surface area (Å²) in [6, 6.07) is 10.2. The van der Waals surface area contributed by atoms with Crippen LogP contribution in [0.4, 0.5) is 0 Å². The first-order chi connectivity index (χ1) is 12.5. The molecule has 0 unspecified atom stereocenters. The molecule has 2 aromatic rings. The quantitative estimate of drug-likeness (QED) is 0.706. The van der Waals surface area contributed by atoms with Crippen LogP contribution in [0.25, 0.3) is 11.3 Å². The predicted molar refractivity (Wildman–Crippen MR) is 94.7 cm³/mol. The number of carbonyl (C=O) groups is 2. The average molecular weight is 359 g/mol. The Bertz CT molecular complexity index is 814. The summed E-state index contributed by atoms with van der Waals surface area (Å²) in [7, 11) is 0. The van der Waals surface area contributed by atoms with Gasteiger partial charge in [-0.1, -0.05) is 0 Å². The highest BCUT2D eigenvalue weighted by Crippen LogP contribution is 2.19. The molecule has 138 valence electrons. The normalized spacial score (nSPS) is 10.2. The van der Waals surface area contributed by atoms with Crippen LogP contribution >= 0.6 is 0 Å². The smallest absolute Gasteiger partial charge is 0.325 e. The van der Waals surface area contributed by atoms with Crippen molar-refractivity contribution in [3.63, 3.8) is 0 Å². The Labute approximate surface area is 150 Å². The second-order valence-corrected chi connectivity index (χ2v) is 5.25. The molecule has 0 radical (unpaired) electrons. The number of hydrogen-bond donors (Lipinski definition) is 1. The lowest BCUT2D eigenvalue weighted by molar-refractivity contribution is -0.143. The predicted octanol–water partition coefficient (Wildman–Crippen LogP) is 0.988. The van der Waals surface area contributed by atoms with Gasteiger partial charge in [-0.2, -0.15) is 5.10 Å². The van der Waals surface area contributed by atoms with Crippen LogP contribution in [0.2, 0.25) is 0 Å². The van der Waals surface area contributed by atoms with Crippen LogP contribution in [0.15, 0.2) is 41.2 Å². The van der Waals surface area contributed by atoms with E-state index in [-0.39, 0.29) is 19.7 Å². The molecular formula is C18H21N3O5. The van der Waals surface area contributed by atoms with Crippen molar-refractivity contribution < 1.29 is 19.1 Å². The molecule has 0 atom stereocenters. The number of benzene rings is 1. The third-order valence-corrected chi connectivity index (χ3v) is 3.36. The van der Waals surface area contributed by atoms with Gasteiger partial charge in [0.05, 0.1) is 18.9 Å². The standard InChI is InChI=1S/C18H21N3O5/c1-3-25-14-7-5-13(6-8-14)15-9-10-17(23)21(20-15)12-16(22)19-11-18(24)26-4-2/h5-10H,3-4,11-12H2,1-2H3,(H,19,22). The molecule has 1 amide bonds. The second-order valence-electron chi connectivity index (χ2n) is 5.25. The van der Waals surface area contributed by atoms with Crippen molar-refractivity contribution in [2.24, 2.45) is 0 Å². The first-order valence-corrected chi connectivity index (χ1v) is 8.27. The minimum atomic E-state index is -0.538. The molecule has 0 saturated heterocycles. The third kappa shape index (κ3) is 5.44. The van der Waals surface area contributed by atoms with E-state index in [1.54, 1.807) is 13.0 Å². The van der Waals surface area contributed by atoms with Gasteiger partial charge in [0.2, 0.25) is 5.91 Å². The zero-order valence-electron chi connectivity index (χ0n) is 14.7. The molecule has 0 aliphatic heterocycles. The van der Waals surface area contributed by atoms with Gasteiger partial charge < -0.3 is 14.8 Å². The Kier molecular flexibility index (Phi) is 6.90. The first-order valence-electron chi connectivity index (χ1n) is 8.27. The fraction of sp³-hybridized carbons (Fsp3) is 0.333. The Morgan fingerprint density at radius 2 is 1.81 bits per heavy atom. The summed E-state index contributed by atoms with van der Waals surface area (Å²) in [5.74, 6) is -0.302.